The van der Waals surface area contributed by atoms with Crippen LogP contribution < -0.4 is 5.73 Å². The van der Waals surface area contributed by atoms with Crippen LogP contribution in [0.2, 0.25) is 0 Å². The Kier molecular flexibility index (Phi) is 5.91. The number of sulfonamides is 1. The second kappa shape index (κ2) is 7.43. The number of rotatable bonds is 2. The number of nitrogen functional groups attached to an aromatic ring is 1. The van der Waals surface area contributed by atoms with Crippen LogP contribution in [0.5, 0.6) is 0 Å². The summed E-state index contributed by atoms with van der Waals surface area (Å²) in [7, 11) is -4.18. The van der Waals surface area contributed by atoms with Crippen LogP contribution in [0.4, 0.5) is 23.7 Å². The Morgan fingerprint density at radius 1 is 1.21 bits per heavy atom. The molecule has 1 aliphatic heterocycles. The summed E-state index contributed by atoms with van der Waals surface area (Å²) in [5.74, 6) is 0. The molecule has 158 valence electrons. The fourth-order valence-electron chi connectivity index (χ4n) is 2.82. The number of ether oxygens (including phenoxy) is 1. The van der Waals surface area contributed by atoms with E-state index in [2.05, 4.69) is 0 Å². The Bertz CT molecular complexity index is 850. The van der Waals surface area contributed by atoms with Gasteiger partial charge in [0.25, 0.3) is 0 Å². The van der Waals surface area contributed by atoms with E-state index in [4.69, 9.17) is 10.5 Å². The summed E-state index contributed by atoms with van der Waals surface area (Å²) in [6, 6.07) is 2.01. The van der Waals surface area contributed by atoms with E-state index in [0.717, 1.165) is 16.4 Å². The average Bonchev–Trinajstić information content (AvgIpc) is 2.52. The summed E-state index contributed by atoms with van der Waals surface area (Å²) >= 11 is 0. The fraction of sp³-hybridized carbons (Fsp3) is 0.588. The van der Waals surface area contributed by atoms with Crippen molar-refractivity contribution in [2.45, 2.75) is 50.4 Å². The van der Waals surface area contributed by atoms with Crippen LogP contribution in [-0.2, 0) is 20.9 Å². The van der Waals surface area contributed by atoms with Crippen LogP contribution in [-0.4, -0.2) is 55.0 Å². The van der Waals surface area contributed by atoms with E-state index in [1.54, 1.807) is 27.7 Å². The predicted molar refractivity (Wildman–Crippen MR) is 97.0 cm³/mol. The number of hydrogen-bond donors (Lipinski definition) is 1. The second-order valence-electron chi connectivity index (χ2n) is 7.63. The van der Waals surface area contributed by atoms with E-state index < -0.39 is 50.1 Å². The number of hydrogen-bond acceptors (Lipinski definition) is 5. The number of nitrogens with two attached hydrogens (primary N) is 1. The Labute approximate surface area is 162 Å². The molecule has 0 aromatic heterocycles. The van der Waals surface area contributed by atoms with Crippen molar-refractivity contribution in [1.82, 2.24) is 9.21 Å². The van der Waals surface area contributed by atoms with Gasteiger partial charge in [0.05, 0.1) is 10.5 Å². The normalized spacial score (nSPS) is 19.5. The molecule has 7 nitrogen and oxygen atoms in total. The lowest BCUT2D eigenvalue weighted by Crippen LogP contribution is -2.56. The molecule has 0 unspecified atom stereocenters. The number of carbonyl (C=O) groups excluding carboxylic acids is 1. The highest BCUT2D eigenvalue weighted by Gasteiger charge is 2.38. The van der Waals surface area contributed by atoms with E-state index in [1.807, 2.05) is 0 Å². The van der Waals surface area contributed by atoms with Gasteiger partial charge < -0.3 is 15.4 Å². The van der Waals surface area contributed by atoms with Crippen LogP contribution in [0, 0.1) is 0 Å². The lowest BCUT2D eigenvalue weighted by Gasteiger charge is -2.39. The molecule has 2 rings (SSSR count). The van der Waals surface area contributed by atoms with Crippen LogP contribution in [0.25, 0.3) is 0 Å². The lowest BCUT2D eigenvalue weighted by atomic mass is 10.2. The van der Waals surface area contributed by atoms with Gasteiger partial charge in [0.1, 0.15) is 5.60 Å². The summed E-state index contributed by atoms with van der Waals surface area (Å²) in [5, 5.41) is 0. The van der Waals surface area contributed by atoms with E-state index in [0.29, 0.717) is 6.07 Å². The number of anilines is 1. The van der Waals surface area contributed by atoms with Crippen molar-refractivity contribution in [2.75, 3.05) is 25.4 Å². The van der Waals surface area contributed by atoms with E-state index >= 15 is 0 Å². The van der Waals surface area contributed by atoms with Crippen molar-refractivity contribution in [3.8, 4) is 0 Å². The number of alkyl halides is 3. The Morgan fingerprint density at radius 3 is 2.32 bits per heavy atom. The highest BCUT2D eigenvalue weighted by molar-refractivity contribution is 7.89. The topological polar surface area (TPSA) is 92.9 Å². The van der Waals surface area contributed by atoms with Crippen molar-refractivity contribution in [3.05, 3.63) is 23.8 Å². The molecule has 1 fully saturated rings. The summed E-state index contributed by atoms with van der Waals surface area (Å²) < 4.78 is 71.1. The molecule has 28 heavy (non-hydrogen) atoms. The molecular weight excluding hydrogens is 399 g/mol. The Hall–Kier alpha value is -2.01. The van der Waals surface area contributed by atoms with Gasteiger partial charge in [-0.05, 0) is 45.9 Å². The van der Waals surface area contributed by atoms with Crippen molar-refractivity contribution >= 4 is 21.8 Å². The maximum absolute atomic E-state index is 13.1. The van der Waals surface area contributed by atoms with Gasteiger partial charge in [0, 0.05) is 31.4 Å². The van der Waals surface area contributed by atoms with E-state index in [-0.39, 0.29) is 19.6 Å². The zero-order chi connectivity index (χ0) is 21.5. The monoisotopic (exact) mass is 423 g/mol. The predicted octanol–water partition coefficient (Wildman–Crippen LogP) is 2.92. The van der Waals surface area contributed by atoms with Gasteiger partial charge >= 0.3 is 12.3 Å². The van der Waals surface area contributed by atoms with Gasteiger partial charge in [-0.1, -0.05) is 0 Å². The number of benzene rings is 1. The third kappa shape index (κ3) is 4.88. The first-order chi connectivity index (χ1) is 12.6. The zero-order valence-corrected chi connectivity index (χ0v) is 16.9. The maximum Gasteiger partial charge on any atom is 0.418 e. The summed E-state index contributed by atoms with van der Waals surface area (Å²) in [4.78, 5) is 13.2. The van der Waals surface area contributed by atoms with Crippen LogP contribution in [0.3, 0.4) is 0 Å². The van der Waals surface area contributed by atoms with Crippen LogP contribution >= 0.6 is 0 Å². The first kappa shape index (κ1) is 22.3. The molecule has 2 N–H and O–H groups in total. The van der Waals surface area contributed by atoms with Crippen LogP contribution in [0.15, 0.2) is 23.1 Å². The largest absolute Gasteiger partial charge is 0.444 e. The average molecular weight is 423 g/mol. The molecule has 1 aromatic carbocycles. The smallest absolute Gasteiger partial charge is 0.418 e. The highest BCUT2D eigenvalue weighted by atomic mass is 32.2. The molecule has 0 radical (unpaired) electrons. The summed E-state index contributed by atoms with van der Waals surface area (Å²) in [6.45, 7) is 6.75. The SMILES string of the molecule is C[C@@H]1CN(S(=O)(=O)c2ccc(N)c(C(F)(F)F)c2)CCN1C(=O)OC(C)(C)C. The van der Waals surface area contributed by atoms with Gasteiger partial charge in [-0.25, -0.2) is 13.2 Å². The fourth-order valence-corrected chi connectivity index (χ4v) is 4.36. The lowest BCUT2D eigenvalue weighted by molar-refractivity contribution is -0.137. The molecule has 1 saturated heterocycles. The van der Waals surface area contributed by atoms with E-state index in [9.17, 15) is 26.4 Å². The molecule has 0 spiro atoms. The Balaban J connectivity index is 2.22. The number of piperazine rings is 1. The Morgan fingerprint density at radius 2 is 1.82 bits per heavy atom. The van der Waals surface area contributed by atoms with Gasteiger partial charge in [-0.3, -0.25) is 0 Å². The molecule has 1 heterocycles. The third-order valence-corrected chi connectivity index (χ3v) is 6.05. The first-order valence-corrected chi connectivity index (χ1v) is 10.0. The number of halogens is 3. The van der Waals surface area contributed by atoms with Gasteiger partial charge in [-0.2, -0.15) is 17.5 Å². The third-order valence-electron chi connectivity index (χ3n) is 4.19. The van der Waals surface area contributed by atoms with Crippen molar-refractivity contribution in [3.63, 3.8) is 0 Å². The number of nitrogens with zero attached hydrogens (tertiary/aromatic N) is 2. The molecule has 1 amide bonds. The number of amides is 1. The van der Waals surface area contributed by atoms with Crippen molar-refractivity contribution < 1.29 is 31.1 Å². The van der Waals surface area contributed by atoms with Crippen molar-refractivity contribution in [1.29, 1.82) is 0 Å². The molecule has 1 aromatic rings. The zero-order valence-electron chi connectivity index (χ0n) is 16.1. The number of carbonyl (C=O) groups is 1. The van der Waals surface area contributed by atoms with Gasteiger partial charge in [0.15, 0.2) is 0 Å². The minimum Gasteiger partial charge on any atom is -0.444 e. The molecule has 0 aliphatic carbocycles. The molecule has 11 heteroatoms. The minimum atomic E-state index is -4.77. The molecule has 0 bridgehead atoms. The molecule has 1 aliphatic rings. The second-order valence-corrected chi connectivity index (χ2v) is 9.57. The van der Waals surface area contributed by atoms with Crippen LogP contribution in [0.1, 0.15) is 33.3 Å². The molecule has 1 atom stereocenters. The van der Waals surface area contributed by atoms with Crippen molar-refractivity contribution in [2.24, 2.45) is 0 Å². The molecule has 0 saturated carbocycles. The van der Waals surface area contributed by atoms with Gasteiger partial charge in [0.2, 0.25) is 10.0 Å². The quantitative estimate of drug-likeness (QED) is 0.739. The van der Waals surface area contributed by atoms with Gasteiger partial charge in [-0.15, -0.1) is 0 Å². The minimum absolute atomic E-state index is 0.0579. The maximum atomic E-state index is 13.1. The summed E-state index contributed by atoms with van der Waals surface area (Å²) in [6.07, 6.45) is -5.33. The standard InChI is InChI=1S/C17H24F3N3O4S/c1-11-10-22(7-8-23(11)15(24)27-16(2,3)4)28(25,26)12-5-6-14(21)13(9-12)17(18,19)20/h5-6,9,11H,7-8,10,21H2,1-4H3/t11-/m1/s1. The highest BCUT2D eigenvalue weighted by Crippen LogP contribution is 2.35. The first-order valence-electron chi connectivity index (χ1n) is 8.59. The summed E-state index contributed by atoms with van der Waals surface area (Å²) in [5.41, 5.74) is 2.89. The van der Waals surface area contributed by atoms with E-state index in [1.165, 1.54) is 4.90 Å². The molecular formula is C17H24F3N3O4S.